The molecule has 2 heterocycles. The standard InChI is InChI=1S/C17H15BrCl2N2O3/c18-10-6-13(16(20)21-8-10)17(23)22-14-7-11(19)3-4-15(14)25-9-12-2-1-5-24-12/h3-4,6-8,12H,1-2,5,9H2,(H,22,23). The van der Waals surface area contributed by atoms with Crippen molar-refractivity contribution in [2.45, 2.75) is 18.9 Å². The molecule has 8 heteroatoms. The minimum atomic E-state index is -0.400. The Morgan fingerprint density at radius 1 is 1.40 bits per heavy atom. The largest absolute Gasteiger partial charge is 0.489 e. The lowest BCUT2D eigenvalue weighted by Crippen LogP contribution is -2.18. The minimum absolute atomic E-state index is 0.0722. The summed E-state index contributed by atoms with van der Waals surface area (Å²) in [5.74, 6) is 0.121. The van der Waals surface area contributed by atoms with Crippen LogP contribution in [-0.4, -0.2) is 30.2 Å². The van der Waals surface area contributed by atoms with Gasteiger partial charge in [-0.3, -0.25) is 4.79 Å². The van der Waals surface area contributed by atoms with E-state index in [1.54, 1.807) is 24.3 Å². The monoisotopic (exact) mass is 444 g/mol. The number of carbonyl (C=O) groups is 1. The number of hydrogen-bond acceptors (Lipinski definition) is 4. The predicted octanol–water partition coefficient (Wildman–Crippen LogP) is 4.96. The fraction of sp³-hybridized carbons (Fsp3) is 0.294. The van der Waals surface area contributed by atoms with Gasteiger partial charge in [-0.1, -0.05) is 23.2 Å². The maximum atomic E-state index is 12.5. The van der Waals surface area contributed by atoms with E-state index in [0.29, 0.717) is 27.5 Å². The second-order valence-electron chi connectivity index (χ2n) is 5.53. The zero-order valence-electron chi connectivity index (χ0n) is 13.1. The zero-order valence-corrected chi connectivity index (χ0v) is 16.2. The highest BCUT2D eigenvalue weighted by atomic mass is 79.9. The van der Waals surface area contributed by atoms with Crippen LogP contribution in [0.5, 0.6) is 5.75 Å². The van der Waals surface area contributed by atoms with Crippen molar-refractivity contribution in [2.75, 3.05) is 18.5 Å². The lowest BCUT2D eigenvalue weighted by molar-refractivity contribution is 0.0682. The SMILES string of the molecule is O=C(Nc1cc(Cl)ccc1OCC1CCCO1)c1cc(Br)cnc1Cl. The van der Waals surface area contributed by atoms with Crippen LogP contribution in [0.4, 0.5) is 5.69 Å². The Bertz CT molecular complexity index is 782. The smallest absolute Gasteiger partial charge is 0.258 e. The van der Waals surface area contributed by atoms with E-state index in [1.165, 1.54) is 6.20 Å². The second kappa shape index (κ2) is 8.36. The lowest BCUT2D eigenvalue weighted by atomic mass is 10.2. The molecular weight excluding hydrogens is 431 g/mol. The number of nitrogens with one attached hydrogen (secondary N) is 1. The molecule has 1 unspecified atom stereocenters. The van der Waals surface area contributed by atoms with Crippen LogP contribution in [0.3, 0.4) is 0 Å². The van der Waals surface area contributed by atoms with Crippen LogP contribution in [0, 0.1) is 0 Å². The van der Waals surface area contributed by atoms with E-state index in [-0.39, 0.29) is 16.8 Å². The first-order valence-electron chi connectivity index (χ1n) is 7.69. The molecule has 0 bridgehead atoms. The lowest BCUT2D eigenvalue weighted by Gasteiger charge is -2.16. The van der Waals surface area contributed by atoms with Gasteiger partial charge >= 0.3 is 0 Å². The topological polar surface area (TPSA) is 60.5 Å². The summed E-state index contributed by atoms with van der Waals surface area (Å²) in [6, 6.07) is 6.65. The molecule has 0 saturated carbocycles. The number of pyridine rings is 1. The Morgan fingerprint density at radius 2 is 2.24 bits per heavy atom. The highest BCUT2D eigenvalue weighted by Gasteiger charge is 2.18. The number of hydrogen-bond donors (Lipinski definition) is 1. The van der Waals surface area contributed by atoms with Crippen LogP contribution in [0.2, 0.25) is 10.2 Å². The molecule has 1 N–H and O–H groups in total. The number of anilines is 1. The summed E-state index contributed by atoms with van der Waals surface area (Å²) in [5, 5.41) is 3.38. The number of carbonyl (C=O) groups excluding carboxylic acids is 1. The summed E-state index contributed by atoms with van der Waals surface area (Å²) in [7, 11) is 0. The third-order valence-electron chi connectivity index (χ3n) is 3.69. The molecule has 0 spiro atoms. The van der Waals surface area contributed by atoms with E-state index in [4.69, 9.17) is 32.7 Å². The molecule has 25 heavy (non-hydrogen) atoms. The van der Waals surface area contributed by atoms with Gasteiger partial charge in [-0.15, -0.1) is 0 Å². The van der Waals surface area contributed by atoms with Crippen molar-refractivity contribution in [3.63, 3.8) is 0 Å². The summed E-state index contributed by atoms with van der Waals surface area (Å²) in [5.41, 5.74) is 0.715. The van der Waals surface area contributed by atoms with Crippen molar-refractivity contribution in [1.29, 1.82) is 0 Å². The Labute approximate surface area is 163 Å². The molecule has 1 fully saturated rings. The van der Waals surface area contributed by atoms with Crippen molar-refractivity contribution in [1.82, 2.24) is 4.98 Å². The van der Waals surface area contributed by atoms with E-state index >= 15 is 0 Å². The number of amides is 1. The van der Waals surface area contributed by atoms with Crippen LogP contribution in [0.25, 0.3) is 0 Å². The van der Waals surface area contributed by atoms with Gasteiger partial charge in [0.1, 0.15) is 17.5 Å². The molecule has 1 saturated heterocycles. The summed E-state index contributed by atoms with van der Waals surface area (Å²) >= 11 is 15.3. The maximum Gasteiger partial charge on any atom is 0.258 e. The fourth-order valence-corrected chi connectivity index (χ4v) is 3.15. The summed E-state index contributed by atoms with van der Waals surface area (Å²) < 4.78 is 12.0. The molecule has 1 atom stereocenters. The molecule has 0 aliphatic carbocycles. The highest BCUT2D eigenvalue weighted by molar-refractivity contribution is 9.10. The third kappa shape index (κ3) is 4.85. The van der Waals surface area contributed by atoms with Gasteiger partial charge < -0.3 is 14.8 Å². The van der Waals surface area contributed by atoms with Crippen LogP contribution >= 0.6 is 39.1 Å². The minimum Gasteiger partial charge on any atom is -0.489 e. The maximum absolute atomic E-state index is 12.5. The first-order valence-corrected chi connectivity index (χ1v) is 9.24. The van der Waals surface area contributed by atoms with Gasteiger partial charge in [0.05, 0.1) is 17.4 Å². The molecule has 1 aliphatic heterocycles. The van der Waals surface area contributed by atoms with Gasteiger partial charge in [-0.05, 0) is 53.0 Å². The Balaban J connectivity index is 1.77. The summed E-state index contributed by atoms with van der Waals surface area (Å²) in [4.78, 5) is 16.5. The molecule has 132 valence electrons. The number of nitrogens with zero attached hydrogens (tertiary/aromatic N) is 1. The average molecular weight is 446 g/mol. The van der Waals surface area contributed by atoms with E-state index in [1.807, 2.05) is 0 Å². The summed E-state index contributed by atoms with van der Waals surface area (Å²) in [6.45, 7) is 1.18. The van der Waals surface area contributed by atoms with Crippen LogP contribution in [0.1, 0.15) is 23.2 Å². The van der Waals surface area contributed by atoms with Crippen molar-refractivity contribution in [2.24, 2.45) is 0 Å². The van der Waals surface area contributed by atoms with Crippen LogP contribution in [0.15, 0.2) is 34.9 Å². The first kappa shape index (κ1) is 18.5. The molecule has 1 aromatic heterocycles. The van der Waals surface area contributed by atoms with E-state index in [2.05, 4.69) is 26.2 Å². The molecule has 1 amide bonds. The highest BCUT2D eigenvalue weighted by Crippen LogP contribution is 2.30. The Hall–Kier alpha value is -1.34. The predicted molar refractivity (Wildman–Crippen MR) is 101 cm³/mol. The number of ether oxygens (including phenoxy) is 2. The van der Waals surface area contributed by atoms with Gasteiger partial charge in [-0.2, -0.15) is 0 Å². The Kier molecular flexibility index (Phi) is 6.17. The van der Waals surface area contributed by atoms with Crippen LogP contribution in [-0.2, 0) is 4.74 Å². The first-order chi connectivity index (χ1) is 12.0. The van der Waals surface area contributed by atoms with Crippen molar-refractivity contribution < 1.29 is 14.3 Å². The number of benzene rings is 1. The average Bonchev–Trinajstić information content (AvgIpc) is 3.10. The zero-order chi connectivity index (χ0) is 17.8. The van der Waals surface area contributed by atoms with Gasteiger partial charge in [0, 0.05) is 22.3 Å². The van der Waals surface area contributed by atoms with Crippen LogP contribution < -0.4 is 10.1 Å². The molecule has 1 aliphatic rings. The van der Waals surface area contributed by atoms with Gasteiger partial charge in [0.2, 0.25) is 0 Å². The van der Waals surface area contributed by atoms with Gasteiger partial charge in [0.25, 0.3) is 5.91 Å². The molecule has 2 aromatic rings. The normalized spacial score (nSPS) is 16.7. The van der Waals surface area contributed by atoms with E-state index in [0.717, 1.165) is 19.4 Å². The molecule has 1 aromatic carbocycles. The van der Waals surface area contributed by atoms with Crippen molar-refractivity contribution >= 4 is 50.7 Å². The summed E-state index contributed by atoms with van der Waals surface area (Å²) in [6.07, 6.45) is 3.60. The number of halogens is 3. The molecule has 3 rings (SSSR count). The van der Waals surface area contributed by atoms with Crippen molar-refractivity contribution in [3.05, 3.63) is 50.7 Å². The van der Waals surface area contributed by atoms with Gasteiger partial charge in [-0.25, -0.2) is 4.98 Å². The third-order valence-corrected chi connectivity index (χ3v) is 4.66. The quantitative estimate of drug-likeness (QED) is 0.660. The van der Waals surface area contributed by atoms with E-state index < -0.39 is 5.91 Å². The molecule has 0 radical (unpaired) electrons. The molecular formula is C17H15BrCl2N2O3. The Morgan fingerprint density at radius 3 is 3.00 bits per heavy atom. The van der Waals surface area contributed by atoms with Crippen molar-refractivity contribution in [3.8, 4) is 5.75 Å². The second-order valence-corrected chi connectivity index (χ2v) is 7.24. The van der Waals surface area contributed by atoms with E-state index in [9.17, 15) is 4.79 Å². The molecule has 5 nitrogen and oxygen atoms in total. The van der Waals surface area contributed by atoms with Gasteiger partial charge in [0.15, 0.2) is 0 Å². The fourth-order valence-electron chi connectivity index (χ4n) is 2.46. The number of aromatic nitrogens is 1. The number of rotatable bonds is 5.